The standard InChI is InChI=1S/C19H20ClN3O2S/c1-3-17(24)22-16-11-15(9-4-12(16)2)21-19(26)23-18(25)10-13-5-7-14(20)8-6-13/h4-9,11H,3,10H2,1-2H3,(H,22,24)(H2,21,23,25,26). The van der Waals surface area contributed by atoms with Crippen LogP contribution < -0.4 is 16.0 Å². The molecular formula is C19H20ClN3O2S. The molecule has 0 aliphatic carbocycles. The molecule has 0 fully saturated rings. The van der Waals surface area contributed by atoms with Gasteiger partial charge < -0.3 is 16.0 Å². The topological polar surface area (TPSA) is 70.2 Å². The molecule has 0 aliphatic heterocycles. The first-order valence-corrected chi connectivity index (χ1v) is 8.91. The minimum absolute atomic E-state index is 0.0657. The van der Waals surface area contributed by atoms with E-state index >= 15 is 0 Å². The molecule has 26 heavy (non-hydrogen) atoms. The highest BCUT2D eigenvalue weighted by Gasteiger charge is 2.08. The van der Waals surface area contributed by atoms with Crippen LogP contribution in [0.3, 0.4) is 0 Å². The average Bonchev–Trinajstić information content (AvgIpc) is 2.59. The summed E-state index contributed by atoms with van der Waals surface area (Å²) in [5.74, 6) is -0.291. The Morgan fingerprint density at radius 3 is 2.38 bits per heavy atom. The first-order valence-electron chi connectivity index (χ1n) is 8.13. The summed E-state index contributed by atoms with van der Waals surface area (Å²) < 4.78 is 0. The van der Waals surface area contributed by atoms with E-state index in [-0.39, 0.29) is 23.3 Å². The number of thiocarbonyl (C=S) groups is 1. The normalized spacial score (nSPS) is 10.1. The van der Waals surface area contributed by atoms with Gasteiger partial charge in [0.05, 0.1) is 6.42 Å². The van der Waals surface area contributed by atoms with Crippen molar-refractivity contribution in [2.45, 2.75) is 26.7 Å². The maximum Gasteiger partial charge on any atom is 0.230 e. The smallest absolute Gasteiger partial charge is 0.230 e. The predicted octanol–water partition coefficient (Wildman–Crippen LogP) is 4.05. The fourth-order valence-corrected chi connectivity index (χ4v) is 2.55. The first kappa shape index (κ1) is 19.9. The minimum Gasteiger partial charge on any atom is -0.332 e. The second-order valence-corrected chi connectivity index (χ2v) is 6.58. The molecule has 2 aromatic carbocycles. The molecule has 2 aromatic rings. The molecule has 0 spiro atoms. The number of hydrogen-bond donors (Lipinski definition) is 3. The van der Waals surface area contributed by atoms with Gasteiger partial charge in [0.25, 0.3) is 0 Å². The Morgan fingerprint density at radius 2 is 1.73 bits per heavy atom. The van der Waals surface area contributed by atoms with Crippen LogP contribution in [0.2, 0.25) is 5.02 Å². The Hall–Kier alpha value is -2.44. The van der Waals surface area contributed by atoms with Crippen LogP contribution in [-0.4, -0.2) is 16.9 Å². The molecule has 0 aliphatic rings. The fourth-order valence-electron chi connectivity index (χ4n) is 2.19. The van der Waals surface area contributed by atoms with Gasteiger partial charge >= 0.3 is 0 Å². The zero-order chi connectivity index (χ0) is 19.1. The Kier molecular flexibility index (Phi) is 7.12. The lowest BCUT2D eigenvalue weighted by Crippen LogP contribution is -2.35. The summed E-state index contributed by atoms with van der Waals surface area (Å²) in [7, 11) is 0. The van der Waals surface area contributed by atoms with Crippen LogP contribution in [0.1, 0.15) is 24.5 Å². The molecule has 0 unspecified atom stereocenters. The lowest BCUT2D eigenvalue weighted by molar-refractivity contribution is -0.119. The van der Waals surface area contributed by atoms with Gasteiger partial charge in [0, 0.05) is 22.8 Å². The van der Waals surface area contributed by atoms with Crippen molar-refractivity contribution in [2.75, 3.05) is 10.6 Å². The van der Waals surface area contributed by atoms with Crippen molar-refractivity contribution in [3.63, 3.8) is 0 Å². The van der Waals surface area contributed by atoms with E-state index in [1.54, 1.807) is 37.3 Å². The van der Waals surface area contributed by atoms with E-state index in [0.717, 1.165) is 11.1 Å². The summed E-state index contributed by atoms with van der Waals surface area (Å²) in [6.45, 7) is 3.69. The number of benzene rings is 2. The summed E-state index contributed by atoms with van der Waals surface area (Å²) in [4.78, 5) is 23.7. The van der Waals surface area contributed by atoms with Gasteiger partial charge in [-0.3, -0.25) is 9.59 Å². The number of amides is 2. The van der Waals surface area contributed by atoms with E-state index in [1.165, 1.54) is 0 Å². The van der Waals surface area contributed by atoms with E-state index in [0.29, 0.717) is 22.8 Å². The molecule has 0 saturated heterocycles. The summed E-state index contributed by atoms with van der Waals surface area (Å²) in [5, 5.41) is 9.24. The molecule has 136 valence electrons. The molecule has 2 rings (SSSR count). The van der Waals surface area contributed by atoms with E-state index in [2.05, 4.69) is 16.0 Å². The van der Waals surface area contributed by atoms with Crippen LogP contribution in [0.5, 0.6) is 0 Å². The Bertz CT molecular complexity index is 822. The zero-order valence-corrected chi connectivity index (χ0v) is 16.1. The molecule has 3 N–H and O–H groups in total. The molecular weight excluding hydrogens is 370 g/mol. The van der Waals surface area contributed by atoms with Gasteiger partial charge in [0.1, 0.15) is 0 Å². The quantitative estimate of drug-likeness (QED) is 0.674. The highest BCUT2D eigenvalue weighted by molar-refractivity contribution is 7.80. The third-order valence-corrected chi connectivity index (χ3v) is 4.08. The van der Waals surface area contributed by atoms with Gasteiger partial charge in [-0.15, -0.1) is 0 Å². The van der Waals surface area contributed by atoms with Crippen molar-refractivity contribution >= 4 is 52.1 Å². The molecule has 2 amide bonds. The number of hydrogen-bond acceptors (Lipinski definition) is 3. The Morgan fingerprint density at radius 1 is 1.04 bits per heavy atom. The van der Waals surface area contributed by atoms with Crippen LogP contribution in [0.4, 0.5) is 11.4 Å². The van der Waals surface area contributed by atoms with Gasteiger partial charge in [0.2, 0.25) is 11.8 Å². The highest BCUT2D eigenvalue weighted by atomic mass is 35.5. The largest absolute Gasteiger partial charge is 0.332 e. The van der Waals surface area contributed by atoms with Crippen LogP contribution in [-0.2, 0) is 16.0 Å². The minimum atomic E-state index is -0.226. The van der Waals surface area contributed by atoms with Crippen molar-refractivity contribution in [1.29, 1.82) is 0 Å². The predicted molar refractivity (Wildman–Crippen MR) is 110 cm³/mol. The number of nitrogens with one attached hydrogen (secondary N) is 3. The van der Waals surface area contributed by atoms with Crippen LogP contribution in [0.25, 0.3) is 0 Å². The lowest BCUT2D eigenvalue weighted by Gasteiger charge is -2.13. The maximum atomic E-state index is 12.1. The molecule has 0 atom stereocenters. The fraction of sp³-hybridized carbons (Fsp3) is 0.211. The van der Waals surface area contributed by atoms with Gasteiger partial charge in [-0.05, 0) is 54.5 Å². The molecule has 0 saturated carbocycles. The van der Waals surface area contributed by atoms with Gasteiger partial charge in [0.15, 0.2) is 5.11 Å². The van der Waals surface area contributed by atoms with Crippen LogP contribution in [0, 0.1) is 6.92 Å². The number of carbonyl (C=O) groups is 2. The number of carbonyl (C=O) groups excluding carboxylic acids is 2. The van der Waals surface area contributed by atoms with E-state index < -0.39 is 0 Å². The lowest BCUT2D eigenvalue weighted by atomic mass is 10.1. The number of halogens is 1. The molecule has 0 heterocycles. The van der Waals surface area contributed by atoms with E-state index in [9.17, 15) is 9.59 Å². The van der Waals surface area contributed by atoms with E-state index in [1.807, 2.05) is 19.1 Å². The highest BCUT2D eigenvalue weighted by Crippen LogP contribution is 2.20. The second kappa shape index (κ2) is 9.31. The molecule has 0 aromatic heterocycles. The van der Waals surface area contributed by atoms with E-state index in [4.69, 9.17) is 23.8 Å². The third kappa shape index (κ3) is 6.13. The van der Waals surface area contributed by atoms with Crippen molar-refractivity contribution in [3.8, 4) is 0 Å². The Balaban J connectivity index is 1.94. The van der Waals surface area contributed by atoms with Crippen molar-refractivity contribution in [1.82, 2.24) is 5.32 Å². The summed E-state index contributed by atoms with van der Waals surface area (Å²) in [5.41, 5.74) is 3.17. The molecule has 7 heteroatoms. The third-order valence-electron chi connectivity index (χ3n) is 3.62. The SMILES string of the molecule is CCC(=O)Nc1cc(NC(=S)NC(=O)Cc2ccc(Cl)cc2)ccc1C. The van der Waals surface area contributed by atoms with Gasteiger partial charge in [-0.2, -0.15) is 0 Å². The maximum absolute atomic E-state index is 12.1. The number of anilines is 2. The number of rotatable bonds is 5. The molecule has 0 bridgehead atoms. The summed E-state index contributed by atoms with van der Waals surface area (Å²) >= 11 is 11.0. The van der Waals surface area contributed by atoms with Crippen LogP contribution >= 0.6 is 23.8 Å². The molecule has 5 nitrogen and oxygen atoms in total. The van der Waals surface area contributed by atoms with Crippen molar-refractivity contribution in [3.05, 3.63) is 58.6 Å². The number of aryl methyl sites for hydroxylation is 1. The van der Waals surface area contributed by atoms with Crippen molar-refractivity contribution in [2.24, 2.45) is 0 Å². The monoisotopic (exact) mass is 389 g/mol. The van der Waals surface area contributed by atoms with Crippen molar-refractivity contribution < 1.29 is 9.59 Å². The average molecular weight is 390 g/mol. The van der Waals surface area contributed by atoms with Gasteiger partial charge in [-0.1, -0.05) is 36.7 Å². The second-order valence-electron chi connectivity index (χ2n) is 5.74. The van der Waals surface area contributed by atoms with Gasteiger partial charge in [-0.25, -0.2) is 0 Å². The zero-order valence-electron chi connectivity index (χ0n) is 14.6. The Labute approximate surface area is 163 Å². The molecule has 0 radical (unpaired) electrons. The summed E-state index contributed by atoms with van der Waals surface area (Å²) in [6.07, 6.45) is 0.598. The first-order chi connectivity index (χ1) is 12.4. The summed E-state index contributed by atoms with van der Waals surface area (Å²) in [6, 6.07) is 12.5. The van der Waals surface area contributed by atoms with Crippen LogP contribution in [0.15, 0.2) is 42.5 Å².